The monoisotopic (exact) mass is 245 g/mol. The van der Waals surface area contributed by atoms with Crippen LogP contribution in [0.4, 0.5) is 5.69 Å². The van der Waals surface area contributed by atoms with Crippen LogP contribution in [-0.4, -0.2) is 32.8 Å². The molecule has 0 bridgehead atoms. The largest absolute Gasteiger partial charge is 0.493 e. The first-order valence-electron chi connectivity index (χ1n) is 4.67. The molecule has 1 aromatic heterocycles. The highest BCUT2D eigenvalue weighted by atomic mass is 32.2. The molecule has 3 N–H and O–H groups in total. The number of anilines is 1. The van der Waals surface area contributed by atoms with E-state index in [1.54, 1.807) is 12.3 Å². The fourth-order valence-electron chi connectivity index (χ4n) is 1.18. The fourth-order valence-corrected chi connectivity index (χ4v) is 1.56. The van der Waals surface area contributed by atoms with E-state index >= 15 is 0 Å². The Labute approximate surface area is 94.9 Å². The summed E-state index contributed by atoms with van der Waals surface area (Å²) in [5.74, 6) is 0.442. The van der Waals surface area contributed by atoms with E-state index in [2.05, 4.69) is 10.3 Å². The van der Waals surface area contributed by atoms with Crippen LogP contribution in [0, 0.1) is 6.92 Å². The Kier molecular flexibility index (Phi) is 4.08. The van der Waals surface area contributed by atoms with E-state index in [0.29, 0.717) is 11.4 Å². The van der Waals surface area contributed by atoms with Gasteiger partial charge in [-0.25, -0.2) is 13.6 Å². The molecule has 1 rings (SSSR count). The topological polar surface area (TPSA) is 94.3 Å². The normalized spacial score (nSPS) is 11.2. The van der Waals surface area contributed by atoms with Gasteiger partial charge in [0.1, 0.15) is 0 Å². The second-order valence-corrected chi connectivity index (χ2v) is 5.05. The third kappa shape index (κ3) is 4.03. The molecule has 7 heteroatoms. The summed E-state index contributed by atoms with van der Waals surface area (Å²) in [6.07, 6.45) is 1.58. The van der Waals surface area contributed by atoms with Crippen molar-refractivity contribution in [2.75, 3.05) is 24.7 Å². The number of pyridine rings is 1. The van der Waals surface area contributed by atoms with Gasteiger partial charge in [-0.2, -0.15) is 0 Å². The van der Waals surface area contributed by atoms with Crippen LogP contribution in [0.3, 0.4) is 0 Å². The van der Waals surface area contributed by atoms with E-state index in [0.717, 1.165) is 5.69 Å². The average molecular weight is 245 g/mol. The summed E-state index contributed by atoms with van der Waals surface area (Å²) >= 11 is 0. The Morgan fingerprint density at radius 1 is 1.56 bits per heavy atom. The van der Waals surface area contributed by atoms with E-state index < -0.39 is 10.0 Å². The second kappa shape index (κ2) is 5.13. The standard InChI is InChI=1S/C9H15N3O3S/c1-7-5-8(9(15-2)6-12-7)11-3-4-16(10,13)14/h5-6H,3-4H2,1-2H3,(H,11,12)(H2,10,13,14). The van der Waals surface area contributed by atoms with Gasteiger partial charge in [0.05, 0.1) is 24.7 Å². The summed E-state index contributed by atoms with van der Waals surface area (Å²) in [5.41, 5.74) is 1.53. The molecule has 0 aliphatic rings. The summed E-state index contributed by atoms with van der Waals surface area (Å²) in [6, 6.07) is 1.78. The molecule has 0 spiro atoms. The number of aryl methyl sites for hydroxylation is 1. The third-order valence-corrected chi connectivity index (χ3v) is 2.70. The van der Waals surface area contributed by atoms with E-state index in [1.807, 2.05) is 6.92 Å². The van der Waals surface area contributed by atoms with Gasteiger partial charge < -0.3 is 10.1 Å². The zero-order chi connectivity index (χ0) is 12.2. The van der Waals surface area contributed by atoms with Gasteiger partial charge in [0.25, 0.3) is 0 Å². The summed E-state index contributed by atoms with van der Waals surface area (Å²) in [5, 5.41) is 7.83. The number of nitrogens with zero attached hydrogens (tertiary/aromatic N) is 1. The smallest absolute Gasteiger partial charge is 0.210 e. The van der Waals surface area contributed by atoms with Gasteiger partial charge in [-0.3, -0.25) is 4.98 Å². The molecule has 0 aliphatic carbocycles. The van der Waals surface area contributed by atoms with Crippen molar-refractivity contribution in [2.24, 2.45) is 5.14 Å². The Morgan fingerprint density at radius 2 is 2.25 bits per heavy atom. The fraction of sp³-hybridized carbons (Fsp3) is 0.444. The highest BCUT2D eigenvalue weighted by Gasteiger charge is 2.06. The van der Waals surface area contributed by atoms with Crippen molar-refractivity contribution in [1.29, 1.82) is 0 Å². The van der Waals surface area contributed by atoms with E-state index in [9.17, 15) is 8.42 Å². The molecule has 0 aromatic carbocycles. The van der Waals surface area contributed by atoms with Gasteiger partial charge in [-0.1, -0.05) is 0 Å². The van der Waals surface area contributed by atoms with Crippen molar-refractivity contribution >= 4 is 15.7 Å². The van der Waals surface area contributed by atoms with Crippen molar-refractivity contribution < 1.29 is 13.2 Å². The van der Waals surface area contributed by atoms with Gasteiger partial charge >= 0.3 is 0 Å². The maximum absolute atomic E-state index is 10.7. The van der Waals surface area contributed by atoms with Crippen LogP contribution in [0.15, 0.2) is 12.3 Å². The molecule has 1 aromatic rings. The molecule has 0 radical (unpaired) electrons. The summed E-state index contributed by atoms with van der Waals surface area (Å²) in [7, 11) is -1.92. The molecule has 0 amide bonds. The molecule has 1 heterocycles. The van der Waals surface area contributed by atoms with E-state index in [1.165, 1.54) is 7.11 Å². The van der Waals surface area contributed by atoms with Crippen molar-refractivity contribution in [2.45, 2.75) is 6.92 Å². The van der Waals surface area contributed by atoms with Gasteiger partial charge in [0.15, 0.2) is 5.75 Å². The first-order valence-corrected chi connectivity index (χ1v) is 6.39. The highest BCUT2D eigenvalue weighted by Crippen LogP contribution is 2.22. The number of primary sulfonamides is 1. The quantitative estimate of drug-likeness (QED) is 0.767. The van der Waals surface area contributed by atoms with Crippen LogP contribution in [0.25, 0.3) is 0 Å². The van der Waals surface area contributed by atoms with E-state index in [4.69, 9.17) is 9.88 Å². The Hall–Kier alpha value is -1.34. The minimum atomic E-state index is -3.44. The van der Waals surface area contributed by atoms with Crippen LogP contribution < -0.4 is 15.2 Å². The van der Waals surface area contributed by atoms with E-state index in [-0.39, 0.29) is 12.3 Å². The predicted molar refractivity (Wildman–Crippen MR) is 62.0 cm³/mol. The molecular formula is C9H15N3O3S. The number of hydrogen-bond acceptors (Lipinski definition) is 5. The minimum Gasteiger partial charge on any atom is -0.493 e. The van der Waals surface area contributed by atoms with Crippen molar-refractivity contribution in [1.82, 2.24) is 4.98 Å². The van der Waals surface area contributed by atoms with Crippen LogP contribution in [0.1, 0.15) is 5.69 Å². The van der Waals surface area contributed by atoms with Crippen LogP contribution >= 0.6 is 0 Å². The second-order valence-electron chi connectivity index (χ2n) is 3.32. The number of hydrogen-bond donors (Lipinski definition) is 2. The van der Waals surface area contributed by atoms with Gasteiger partial charge in [0.2, 0.25) is 10.0 Å². The van der Waals surface area contributed by atoms with Crippen molar-refractivity contribution in [3.05, 3.63) is 18.0 Å². The van der Waals surface area contributed by atoms with Crippen molar-refractivity contribution in [3.8, 4) is 5.75 Å². The average Bonchev–Trinajstić information content (AvgIpc) is 2.16. The number of aromatic nitrogens is 1. The number of methoxy groups -OCH3 is 1. The third-order valence-electron chi connectivity index (χ3n) is 1.93. The first kappa shape index (κ1) is 12.7. The summed E-state index contributed by atoms with van der Waals surface area (Å²) < 4.78 is 26.6. The lowest BCUT2D eigenvalue weighted by Gasteiger charge is -2.10. The number of nitrogens with one attached hydrogen (secondary N) is 1. The molecular weight excluding hydrogens is 230 g/mol. The zero-order valence-electron chi connectivity index (χ0n) is 9.23. The molecule has 0 aliphatic heterocycles. The number of nitrogens with two attached hydrogens (primary N) is 1. The van der Waals surface area contributed by atoms with Gasteiger partial charge in [-0.05, 0) is 13.0 Å². The Bertz CT molecular complexity index is 459. The van der Waals surface area contributed by atoms with Crippen LogP contribution in [0.5, 0.6) is 5.75 Å². The maximum atomic E-state index is 10.7. The Morgan fingerprint density at radius 3 is 2.81 bits per heavy atom. The van der Waals surface area contributed by atoms with Crippen LogP contribution in [-0.2, 0) is 10.0 Å². The Balaban J connectivity index is 2.69. The molecule has 0 unspecified atom stereocenters. The highest BCUT2D eigenvalue weighted by molar-refractivity contribution is 7.89. The first-order chi connectivity index (χ1) is 7.42. The number of rotatable bonds is 5. The number of sulfonamides is 1. The maximum Gasteiger partial charge on any atom is 0.210 e. The lowest BCUT2D eigenvalue weighted by Crippen LogP contribution is -2.22. The van der Waals surface area contributed by atoms with Crippen molar-refractivity contribution in [3.63, 3.8) is 0 Å². The molecule has 0 saturated heterocycles. The molecule has 90 valence electrons. The lowest BCUT2D eigenvalue weighted by atomic mass is 10.3. The predicted octanol–water partition coefficient (Wildman–Crippen LogP) is 0.0990. The zero-order valence-corrected chi connectivity index (χ0v) is 10.0. The SMILES string of the molecule is COc1cnc(C)cc1NCCS(N)(=O)=O. The lowest BCUT2D eigenvalue weighted by molar-refractivity contribution is 0.414. The summed E-state index contributed by atoms with van der Waals surface area (Å²) in [4.78, 5) is 4.06. The molecule has 0 atom stereocenters. The molecule has 0 saturated carbocycles. The van der Waals surface area contributed by atoms with Gasteiger partial charge in [0, 0.05) is 12.2 Å². The molecule has 6 nitrogen and oxygen atoms in total. The molecule has 0 fully saturated rings. The molecule has 16 heavy (non-hydrogen) atoms. The van der Waals surface area contributed by atoms with Crippen LogP contribution in [0.2, 0.25) is 0 Å². The minimum absolute atomic E-state index is 0.127. The number of ether oxygens (including phenoxy) is 1. The summed E-state index contributed by atoms with van der Waals surface area (Å²) in [6.45, 7) is 2.07. The van der Waals surface area contributed by atoms with Gasteiger partial charge in [-0.15, -0.1) is 0 Å².